The minimum atomic E-state index is -0.465. The molecule has 2 saturated carbocycles. The average molecular weight is 324 g/mol. The third-order valence-electron chi connectivity index (χ3n) is 6.20. The topological polar surface area (TPSA) is 0 Å². The zero-order chi connectivity index (χ0) is 16.2. The maximum absolute atomic E-state index is 13.4. The van der Waals surface area contributed by atoms with E-state index in [1.807, 2.05) is 0 Å². The van der Waals surface area contributed by atoms with Crippen LogP contribution in [0.1, 0.15) is 69.3 Å². The second kappa shape index (κ2) is 7.72. The first-order valence-corrected chi connectivity index (χ1v) is 9.17. The van der Waals surface area contributed by atoms with Gasteiger partial charge in [-0.25, -0.2) is 8.78 Å². The van der Waals surface area contributed by atoms with Crippen molar-refractivity contribution in [3.05, 3.63) is 35.4 Å². The van der Waals surface area contributed by atoms with E-state index in [0.717, 1.165) is 42.7 Å². The van der Waals surface area contributed by atoms with Crippen molar-refractivity contribution in [1.29, 1.82) is 0 Å². The maximum Gasteiger partial charge on any atom is 0.126 e. The molecule has 23 heavy (non-hydrogen) atoms. The summed E-state index contributed by atoms with van der Waals surface area (Å²) < 4.78 is 39.2. The molecule has 1 aromatic rings. The zero-order valence-electron chi connectivity index (χ0n) is 13.7. The van der Waals surface area contributed by atoms with Crippen LogP contribution < -0.4 is 0 Å². The van der Waals surface area contributed by atoms with Crippen LogP contribution >= 0.6 is 0 Å². The average Bonchev–Trinajstić information content (AvgIpc) is 2.55. The van der Waals surface area contributed by atoms with E-state index in [1.165, 1.54) is 50.7 Å². The van der Waals surface area contributed by atoms with Crippen molar-refractivity contribution in [2.75, 3.05) is 6.67 Å². The summed E-state index contributed by atoms with van der Waals surface area (Å²) in [6.45, 7) is -0.176. The molecule has 1 aromatic carbocycles. The van der Waals surface area contributed by atoms with Crippen LogP contribution in [-0.2, 0) is 0 Å². The second-order valence-electron chi connectivity index (χ2n) is 7.57. The van der Waals surface area contributed by atoms with E-state index in [9.17, 15) is 13.2 Å². The van der Waals surface area contributed by atoms with Crippen molar-refractivity contribution >= 4 is 0 Å². The van der Waals surface area contributed by atoms with Gasteiger partial charge in [-0.2, -0.15) is 0 Å². The molecule has 0 N–H and O–H groups in total. The van der Waals surface area contributed by atoms with Crippen LogP contribution in [0.4, 0.5) is 13.2 Å². The third-order valence-corrected chi connectivity index (χ3v) is 6.20. The number of halogens is 3. The first-order chi connectivity index (χ1) is 11.2. The molecule has 0 heterocycles. The molecule has 0 aliphatic heterocycles. The Hall–Kier alpha value is -0.990. The standard InChI is InChI=1S/C20H27F3/c21-10-9-14-1-3-15(4-2-14)16-5-7-17(8-6-16)18-11-19(22)13-20(23)12-18/h11-17H,1-10H2. The Labute approximate surface area is 137 Å². The van der Waals surface area contributed by atoms with Crippen LogP contribution in [0.5, 0.6) is 0 Å². The fourth-order valence-corrected chi connectivity index (χ4v) is 4.84. The van der Waals surface area contributed by atoms with Gasteiger partial charge < -0.3 is 0 Å². The SMILES string of the molecule is FCCC1CCC(C2CCC(c3cc(F)cc(F)c3)CC2)CC1. The van der Waals surface area contributed by atoms with Crippen LogP contribution in [0.3, 0.4) is 0 Å². The minimum Gasteiger partial charge on any atom is -0.251 e. The van der Waals surface area contributed by atoms with Crippen molar-refractivity contribution in [2.24, 2.45) is 17.8 Å². The molecular weight excluding hydrogens is 297 g/mol. The molecule has 0 bridgehead atoms. The summed E-state index contributed by atoms with van der Waals surface area (Å²) in [4.78, 5) is 0. The summed E-state index contributed by atoms with van der Waals surface area (Å²) in [6.07, 6.45) is 10.0. The van der Waals surface area contributed by atoms with Gasteiger partial charge >= 0.3 is 0 Å². The van der Waals surface area contributed by atoms with E-state index in [4.69, 9.17) is 0 Å². The van der Waals surface area contributed by atoms with E-state index in [-0.39, 0.29) is 6.67 Å². The van der Waals surface area contributed by atoms with Crippen molar-refractivity contribution in [2.45, 2.75) is 63.7 Å². The van der Waals surface area contributed by atoms with Gasteiger partial charge in [0.2, 0.25) is 0 Å². The summed E-state index contributed by atoms with van der Waals surface area (Å²) >= 11 is 0. The molecule has 3 heteroatoms. The first-order valence-electron chi connectivity index (χ1n) is 9.17. The lowest BCUT2D eigenvalue weighted by atomic mass is 9.68. The fraction of sp³-hybridized carbons (Fsp3) is 0.700. The maximum atomic E-state index is 13.4. The Balaban J connectivity index is 1.51. The van der Waals surface area contributed by atoms with Gasteiger partial charge in [0, 0.05) is 6.07 Å². The Morgan fingerprint density at radius 2 is 1.26 bits per heavy atom. The lowest BCUT2D eigenvalue weighted by Gasteiger charge is -2.38. The molecular formula is C20H27F3. The summed E-state index contributed by atoms with van der Waals surface area (Å²) in [5.41, 5.74) is 0.826. The largest absolute Gasteiger partial charge is 0.251 e. The van der Waals surface area contributed by atoms with Crippen molar-refractivity contribution in [1.82, 2.24) is 0 Å². The van der Waals surface area contributed by atoms with E-state index in [2.05, 4.69) is 0 Å². The molecule has 0 spiro atoms. The van der Waals surface area contributed by atoms with Gasteiger partial charge in [0.1, 0.15) is 11.6 Å². The molecule has 2 aliphatic carbocycles. The zero-order valence-corrected chi connectivity index (χ0v) is 13.7. The second-order valence-corrected chi connectivity index (χ2v) is 7.57. The van der Waals surface area contributed by atoms with Crippen molar-refractivity contribution < 1.29 is 13.2 Å². The smallest absolute Gasteiger partial charge is 0.126 e. The Kier molecular flexibility index (Phi) is 5.66. The molecule has 2 aliphatic rings. The monoisotopic (exact) mass is 324 g/mol. The normalized spacial score (nSPS) is 32.0. The molecule has 0 aromatic heterocycles. The molecule has 0 radical (unpaired) electrons. The van der Waals surface area contributed by atoms with Gasteiger partial charge in [0.25, 0.3) is 0 Å². The van der Waals surface area contributed by atoms with Crippen LogP contribution in [-0.4, -0.2) is 6.67 Å². The molecule has 0 nitrogen and oxygen atoms in total. The summed E-state index contributed by atoms with van der Waals surface area (Å²) in [6, 6.07) is 3.94. The highest BCUT2D eigenvalue weighted by molar-refractivity contribution is 5.22. The first kappa shape index (κ1) is 16.9. The van der Waals surface area contributed by atoms with E-state index < -0.39 is 11.6 Å². The molecule has 0 amide bonds. The Morgan fingerprint density at radius 3 is 1.78 bits per heavy atom. The summed E-state index contributed by atoms with van der Waals surface area (Å²) in [5, 5.41) is 0. The van der Waals surface area contributed by atoms with Crippen LogP contribution in [0.2, 0.25) is 0 Å². The highest BCUT2D eigenvalue weighted by atomic mass is 19.1. The molecule has 2 fully saturated rings. The molecule has 128 valence electrons. The van der Waals surface area contributed by atoms with Gasteiger partial charge in [-0.15, -0.1) is 0 Å². The number of hydrogen-bond donors (Lipinski definition) is 0. The summed E-state index contributed by atoms with van der Waals surface area (Å²) in [7, 11) is 0. The number of rotatable bonds is 4. The highest BCUT2D eigenvalue weighted by Gasteiger charge is 2.31. The van der Waals surface area contributed by atoms with Gasteiger partial charge in [-0.05, 0) is 86.3 Å². The highest BCUT2D eigenvalue weighted by Crippen LogP contribution is 2.44. The van der Waals surface area contributed by atoms with E-state index in [1.54, 1.807) is 0 Å². The third kappa shape index (κ3) is 4.30. The lowest BCUT2D eigenvalue weighted by Crippen LogP contribution is -2.25. The predicted molar refractivity (Wildman–Crippen MR) is 87.1 cm³/mol. The van der Waals surface area contributed by atoms with Crippen LogP contribution in [0.25, 0.3) is 0 Å². The lowest BCUT2D eigenvalue weighted by molar-refractivity contribution is 0.153. The molecule has 0 unspecified atom stereocenters. The molecule has 3 rings (SSSR count). The van der Waals surface area contributed by atoms with Gasteiger partial charge in [-0.1, -0.05) is 12.8 Å². The molecule has 0 atom stereocenters. The number of alkyl halides is 1. The predicted octanol–water partition coefficient (Wildman–Crippen LogP) is 6.40. The van der Waals surface area contributed by atoms with E-state index >= 15 is 0 Å². The van der Waals surface area contributed by atoms with Crippen molar-refractivity contribution in [3.8, 4) is 0 Å². The molecule has 0 saturated heterocycles. The quantitative estimate of drug-likeness (QED) is 0.601. The van der Waals surface area contributed by atoms with Crippen LogP contribution in [0.15, 0.2) is 18.2 Å². The van der Waals surface area contributed by atoms with Gasteiger partial charge in [-0.3, -0.25) is 4.39 Å². The van der Waals surface area contributed by atoms with Gasteiger partial charge in [0.05, 0.1) is 6.67 Å². The van der Waals surface area contributed by atoms with Crippen molar-refractivity contribution in [3.63, 3.8) is 0 Å². The summed E-state index contributed by atoms with van der Waals surface area (Å²) in [5.74, 6) is 1.52. The Bertz CT molecular complexity index is 477. The fourth-order valence-electron chi connectivity index (χ4n) is 4.84. The van der Waals surface area contributed by atoms with Crippen LogP contribution in [0, 0.1) is 29.4 Å². The number of hydrogen-bond acceptors (Lipinski definition) is 0. The van der Waals surface area contributed by atoms with Gasteiger partial charge in [0.15, 0.2) is 0 Å². The minimum absolute atomic E-state index is 0.176. The number of benzene rings is 1. The Morgan fingerprint density at radius 1 is 0.739 bits per heavy atom. The van der Waals surface area contributed by atoms with E-state index in [0.29, 0.717) is 11.8 Å².